The molecule has 1 aromatic carbocycles. The molecule has 0 saturated heterocycles. The molecule has 1 rings (SSSR count). The summed E-state index contributed by atoms with van der Waals surface area (Å²) in [6.07, 6.45) is 1.87. The fraction of sp³-hybridized carbons (Fsp3) is 0.571. The van der Waals surface area contributed by atoms with Gasteiger partial charge in [0.1, 0.15) is 0 Å². The molecular formula is C14H21BrClNO. The maximum Gasteiger partial charge on any atom is 0.0451 e. The molecular weight excluding hydrogens is 314 g/mol. The molecule has 0 saturated carbocycles. The van der Waals surface area contributed by atoms with Gasteiger partial charge >= 0.3 is 0 Å². The Bertz CT molecular complexity index is 382. The molecule has 0 atom stereocenters. The van der Waals surface area contributed by atoms with Gasteiger partial charge in [-0.05, 0) is 42.0 Å². The van der Waals surface area contributed by atoms with Crippen LogP contribution in [0.25, 0.3) is 0 Å². The fourth-order valence-corrected chi connectivity index (χ4v) is 2.45. The van der Waals surface area contributed by atoms with Crippen molar-refractivity contribution in [3.63, 3.8) is 0 Å². The van der Waals surface area contributed by atoms with Crippen molar-refractivity contribution in [1.82, 2.24) is 5.32 Å². The van der Waals surface area contributed by atoms with Crippen LogP contribution in [0.2, 0.25) is 5.02 Å². The highest BCUT2D eigenvalue weighted by Gasteiger charge is 2.16. The maximum atomic E-state index is 8.86. The van der Waals surface area contributed by atoms with E-state index in [1.165, 1.54) is 0 Å². The van der Waals surface area contributed by atoms with Crippen molar-refractivity contribution in [2.75, 3.05) is 13.2 Å². The molecule has 0 heterocycles. The van der Waals surface area contributed by atoms with Crippen molar-refractivity contribution in [3.05, 3.63) is 33.3 Å². The summed E-state index contributed by atoms with van der Waals surface area (Å²) >= 11 is 9.58. The van der Waals surface area contributed by atoms with Crippen molar-refractivity contribution in [2.45, 2.75) is 33.2 Å². The van der Waals surface area contributed by atoms with Crippen LogP contribution in [0.1, 0.15) is 32.3 Å². The van der Waals surface area contributed by atoms with Crippen LogP contribution in [0.5, 0.6) is 0 Å². The van der Waals surface area contributed by atoms with Crippen LogP contribution in [-0.2, 0) is 6.54 Å². The normalized spacial score (nSPS) is 11.8. The monoisotopic (exact) mass is 333 g/mol. The number of hydrogen-bond donors (Lipinski definition) is 2. The Balaban J connectivity index is 2.43. The van der Waals surface area contributed by atoms with E-state index in [1.54, 1.807) is 0 Å². The van der Waals surface area contributed by atoms with E-state index in [0.29, 0.717) is 0 Å². The zero-order chi connectivity index (χ0) is 13.6. The summed E-state index contributed by atoms with van der Waals surface area (Å²) in [5, 5.41) is 13.1. The minimum atomic E-state index is 0.196. The number of benzene rings is 1. The molecule has 102 valence electrons. The van der Waals surface area contributed by atoms with Gasteiger partial charge in [-0.2, -0.15) is 0 Å². The highest BCUT2D eigenvalue weighted by Crippen LogP contribution is 2.23. The summed E-state index contributed by atoms with van der Waals surface area (Å²) in [6.45, 7) is 6.36. The maximum absolute atomic E-state index is 8.86. The van der Waals surface area contributed by atoms with Crippen molar-refractivity contribution in [2.24, 2.45) is 5.41 Å². The number of hydrogen-bond acceptors (Lipinski definition) is 2. The SMILES string of the molecule is CC(C)(CCCO)CNCc1cc(Br)ccc1Cl. The van der Waals surface area contributed by atoms with Gasteiger partial charge in [0.25, 0.3) is 0 Å². The van der Waals surface area contributed by atoms with Crippen LogP contribution in [0, 0.1) is 5.41 Å². The van der Waals surface area contributed by atoms with E-state index in [2.05, 4.69) is 35.1 Å². The van der Waals surface area contributed by atoms with Gasteiger partial charge in [0.15, 0.2) is 0 Å². The predicted molar refractivity (Wildman–Crippen MR) is 81.0 cm³/mol. The standard InChI is InChI=1S/C14H21BrClNO/c1-14(2,6-3-7-18)10-17-9-11-8-12(15)4-5-13(11)16/h4-5,8,17-18H,3,6-7,9-10H2,1-2H3. The lowest BCUT2D eigenvalue weighted by atomic mass is 9.88. The minimum Gasteiger partial charge on any atom is -0.396 e. The van der Waals surface area contributed by atoms with Crippen LogP contribution in [0.15, 0.2) is 22.7 Å². The van der Waals surface area contributed by atoms with Gasteiger partial charge in [0.05, 0.1) is 0 Å². The topological polar surface area (TPSA) is 32.3 Å². The van der Waals surface area contributed by atoms with Crippen LogP contribution >= 0.6 is 27.5 Å². The molecule has 0 fully saturated rings. The number of rotatable bonds is 7. The van der Waals surface area contributed by atoms with Gasteiger partial charge in [-0.15, -0.1) is 0 Å². The zero-order valence-electron chi connectivity index (χ0n) is 11.0. The van der Waals surface area contributed by atoms with Crippen LogP contribution in [-0.4, -0.2) is 18.3 Å². The first-order chi connectivity index (χ1) is 8.44. The molecule has 2 nitrogen and oxygen atoms in total. The highest BCUT2D eigenvalue weighted by molar-refractivity contribution is 9.10. The van der Waals surface area contributed by atoms with Crippen molar-refractivity contribution < 1.29 is 5.11 Å². The molecule has 0 radical (unpaired) electrons. The summed E-state index contributed by atoms with van der Waals surface area (Å²) < 4.78 is 1.04. The van der Waals surface area contributed by atoms with E-state index in [9.17, 15) is 0 Å². The lowest BCUT2D eigenvalue weighted by Crippen LogP contribution is -2.29. The number of halogens is 2. The molecule has 0 unspecified atom stereocenters. The molecule has 0 spiro atoms. The molecule has 0 aliphatic carbocycles. The van der Waals surface area contributed by atoms with Crippen molar-refractivity contribution >= 4 is 27.5 Å². The van der Waals surface area contributed by atoms with Gasteiger partial charge in [0, 0.05) is 29.2 Å². The Hall–Kier alpha value is -0.0900. The Labute approximate surface area is 123 Å². The van der Waals surface area contributed by atoms with Crippen molar-refractivity contribution in [3.8, 4) is 0 Å². The van der Waals surface area contributed by atoms with E-state index >= 15 is 0 Å². The van der Waals surface area contributed by atoms with Gasteiger partial charge in [0.2, 0.25) is 0 Å². The van der Waals surface area contributed by atoms with Gasteiger partial charge in [-0.1, -0.05) is 41.4 Å². The van der Waals surface area contributed by atoms with E-state index in [1.807, 2.05) is 18.2 Å². The summed E-state index contributed by atoms with van der Waals surface area (Å²) in [5.41, 5.74) is 1.30. The van der Waals surface area contributed by atoms with Crippen LogP contribution in [0.3, 0.4) is 0 Å². The molecule has 4 heteroatoms. The average molecular weight is 335 g/mol. The van der Waals surface area contributed by atoms with Crippen molar-refractivity contribution in [1.29, 1.82) is 0 Å². The zero-order valence-corrected chi connectivity index (χ0v) is 13.3. The molecule has 0 aromatic heterocycles. The highest BCUT2D eigenvalue weighted by atomic mass is 79.9. The third-order valence-electron chi connectivity index (χ3n) is 2.94. The summed E-state index contributed by atoms with van der Waals surface area (Å²) in [7, 11) is 0. The second-order valence-electron chi connectivity index (χ2n) is 5.33. The lowest BCUT2D eigenvalue weighted by molar-refractivity contribution is 0.236. The smallest absolute Gasteiger partial charge is 0.0451 e. The Kier molecular flexibility index (Phi) is 6.64. The molecule has 0 aliphatic rings. The number of aliphatic hydroxyl groups excluding tert-OH is 1. The van der Waals surface area contributed by atoms with Gasteiger partial charge in [-0.3, -0.25) is 0 Å². The number of aliphatic hydroxyl groups is 1. The van der Waals surface area contributed by atoms with Gasteiger partial charge in [-0.25, -0.2) is 0 Å². The largest absolute Gasteiger partial charge is 0.396 e. The first kappa shape index (κ1) is 16.0. The minimum absolute atomic E-state index is 0.196. The fourth-order valence-electron chi connectivity index (χ4n) is 1.86. The number of nitrogens with one attached hydrogen (secondary N) is 1. The molecule has 18 heavy (non-hydrogen) atoms. The molecule has 1 aromatic rings. The predicted octanol–water partition coefficient (Wildman–Crippen LogP) is 3.99. The summed E-state index contributed by atoms with van der Waals surface area (Å²) in [4.78, 5) is 0. The Morgan fingerprint density at radius 3 is 2.78 bits per heavy atom. The first-order valence-electron chi connectivity index (χ1n) is 6.20. The lowest BCUT2D eigenvalue weighted by Gasteiger charge is -2.25. The van der Waals surface area contributed by atoms with E-state index in [-0.39, 0.29) is 12.0 Å². The van der Waals surface area contributed by atoms with Crippen LogP contribution < -0.4 is 5.32 Å². The molecule has 0 amide bonds. The van der Waals surface area contributed by atoms with Gasteiger partial charge < -0.3 is 10.4 Å². The molecule has 2 N–H and O–H groups in total. The average Bonchev–Trinajstić information content (AvgIpc) is 2.31. The third-order valence-corrected chi connectivity index (χ3v) is 3.80. The van der Waals surface area contributed by atoms with E-state index in [4.69, 9.17) is 16.7 Å². The van der Waals surface area contributed by atoms with Crippen LogP contribution in [0.4, 0.5) is 0 Å². The quantitative estimate of drug-likeness (QED) is 0.790. The summed E-state index contributed by atoms with van der Waals surface area (Å²) in [6, 6.07) is 5.88. The van der Waals surface area contributed by atoms with E-state index in [0.717, 1.165) is 41.0 Å². The van der Waals surface area contributed by atoms with E-state index < -0.39 is 0 Å². The molecule has 0 aliphatic heterocycles. The third kappa shape index (κ3) is 5.70. The Morgan fingerprint density at radius 1 is 1.39 bits per heavy atom. The second kappa shape index (κ2) is 7.49. The Morgan fingerprint density at radius 2 is 2.11 bits per heavy atom. The summed E-state index contributed by atoms with van der Waals surface area (Å²) in [5.74, 6) is 0. The second-order valence-corrected chi connectivity index (χ2v) is 6.65. The molecule has 0 bridgehead atoms. The first-order valence-corrected chi connectivity index (χ1v) is 7.37.